The van der Waals surface area contributed by atoms with E-state index in [1.165, 1.54) is 17.7 Å². The van der Waals surface area contributed by atoms with Gasteiger partial charge in [-0.1, -0.05) is 30.0 Å². The van der Waals surface area contributed by atoms with Crippen molar-refractivity contribution in [3.63, 3.8) is 0 Å². The zero-order chi connectivity index (χ0) is 27.1. The number of aromatic nitrogens is 3. The first kappa shape index (κ1) is 24.7. The number of benzene rings is 2. The second kappa shape index (κ2) is 10.0. The summed E-state index contributed by atoms with van der Waals surface area (Å²) in [6, 6.07) is 21.3. The minimum absolute atomic E-state index is 0.208. The van der Waals surface area contributed by atoms with Gasteiger partial charge < -0.3 is 15.4 Å². The molecule has 3 aliphatic rings. The molecule has 4 heterocycles. The minimum Gasteiger partial charge on any atom is -0.378 e. The van der Waals surface area contributed by atoms with Gasteiger partial charge in [0.1, 0.15) is 11.3 Å². The van der Waals surface area contributed by atoms with Crippen molar-refractivity contribution in [2.45, 2.75) is 31.7 Å². The standard InChI is InChI=1S/C33H32N6O/c1-23-6-7-24(14-17-35-23)31-37-30-13-12-29(25-4-2-5-28(22-25)38-18-20-40-21-19-38)36-32(30)39(31)27-10-8-26(9-11-27)33(34)15-3-16-33/h2,4-5,7-14,17,22H,3,15-16,18-21,34H2,1H3. The number of aliphatic imine (C=N–C) groups is 1. The van der Waals surface area contributed by atoms with E-state index in [0.717, 1.165) is 84.3 Å². The number of hydrogen-bond acceptors (Lipinski definition) is 6. The van der Waals surface area contributed by atoms with Crippen molar-refractivity contribution in [3.8, 4) is 16.9 Å². The van der Waals surface area contributed by atoms with Gasteiger partial charge in [0.25, 0.3) is 0 Å². The molecule has 2 fully saturated rings. The highest BCUT2D eigenvalue weighted by Crippen LogP contribution is 2.39. The molecule has 4 aromatic rings. The van der Waals surface area contributed by atoms with Crippen LogP contribution < -0.4 is 10.6 Å². The second-order valence-corrected chi connectivity index (χ2v) is 10.8. The molecule has 200 valence electrons. The molecule has 2 N–H and O–H groups in total. The van der Waals surface area contributed by atoms with E-state index < -0.39 is 0 Å². The van der Waals surface area contributed by atoms with Gasteiger partial charge in [0.05, 0.1) is 24.6 Å². The van der Waals surface area contributed by atoms with Gasteiger partial charge in [-0.25, -0.2) is 9.97 Å². The Labute approximate surface area is 234 Å². The first-order chi connectivity index (χ1) is 19.6. The van der Waals surface area contributed by atoms with Gasteiger partial charge in [0.2, 0.25) is 0 Å². The van der Waals surface area contributed by atoms with E-state index in [9.17, 15) is 0 Å². The highest BCUT2D eigenvalue weighted by molar-refractivity contribution is 5.91. The SMILES string of the molecule is CC1=C=CC(c2nc3ccc(-c4cccc(N5CCOCC5)c4)nc3n2-c2ccc(C3(N)CCC3)cc2)=CC=N1. The molecule has 0 amide bonds. The predicted molar refractivity (Wildman–Crippen MR) is 161 cm³/mol. The van der Waals surface area contributed by atoms with Crippen molar-refractivity contribution in [2.75, 3.05) is 31.2 Å². The predicted octanol–water partition coefficient (Wildman–Crippen LogP) is 5.79. The van der Waals surface area contributed by atoms with Crippen molar-refractivity contribution in [3.05, 3.63) is 95.6 Å². The first-order valence-electron chi connectivity index (χ1n) is 14.0. The largest absolute Gasteiger partial charge is 0.378 e. The number of imidazole rings is 1. The lowest BCUT2D eigenvalue weighted by Crippen LogP contribution is -2.43. The number of morpholine rings is 1. The van der Waals surface area contributed by atoms with Gasteiger partial charge in [-0.3, -0.25) is 9.56 Å². The average Bonchev–Trinajstić information content (AvgIpc) is 3.23. The Hall–Kier alpha value is -4.29. The number of hydrogen-bond donors (Lipinski definition) is 1. The number of rotatable bonds is 5. The van der Waals surface area contributed by atoms with Crippen molar-refractivity contribution >= 4 is 28.6 Å². The molecular weight excluding hydrogens is 496 g/mol. The topological polar surface area (TPSA) is 81.6 Å². The maximum absolute atomic E-state index is 6.63. The molecule has 7 rings (SSSR count). The summed E-state index contributed by atoms with van der Waals surface area (Å²) in [6.07, 6.45) is 8.98. The van der Waals surface area contributed by atoms with E-state index in [4.69, 9.17) is 20.4 Å². The number of nitrogens with zero attached hydrogens (tertiary/aromatic N) is 5. The Morgan fingerprint density at radius 1 is 0.950 bits per heavy atom. The maximum Gasteiger partial charge on any atom is 0.165 e. The number of fused-ring (bicyclic) bond motifs is 1. The molecule has 40 heavy (non-hydrogen) atoms. The van der Waals surface area contributed by atoms with Crippen LogP contribution in [0.1, 0.15) is 37.6 Å². The number of allylic oxidation sites excluding steroid dienone is 3. The van der Waals surface area contributed by atoms with Crippen LogP contribution in [0.25, 0.3) is 33.7 Å². The molecule has 1 saturated heterocycles. The molecule has 2 aromatic carbocycles. The van der Waals surface area contributed by atoms with E-state index in [2.05, 4.69) is 80.9 Å². The Morgan fingerprint density at radius 2 is 1.77 bits per heavy atom. The van der Waals surface area contributed by atoms with E-state index >= 15 is 0 Å². The fraction of sp³-hybridized carbons (Fsp3) is 0.273. The number of ether oxygens (including phenoxy) is 1. The van der Waals surface area contributed by atoms with Crippen LogP contribution in [-0.2, 0) is 10.3 Å². The van der Waals surface area contributed by atoms with E-state index in [1.54, 1.807) is 6.21 Å². The second-order valence-electron chi connectivity index (χ2n) is 10.8. The molecule has 0 radical (unpaired) electrons. The molecule has 0 unspecified atom stereocenters. The summed E-state index contributed by atoms with van der Waals surface area (Å²) in [7, 11) is 0. The quantitative estimate of drug-likeness (QED) is 0.332. The van der Waals surface area contributed by atoms with Crippen molar-refractivity contribution in [1.29, 1.82) is 0 Å². The third-order valence-corrected chi connectivity index (χ3v) is 8.19. The van der Waals surface area contributed by atoms with Gasteiger partial charge in [0, 0.05) is 47.4 Å². The summed E-state index contributed by atoms with van der Waals surface area (Å²) in [5.41, 5.74) is 18.4. The summed E-state index contributed by atoms with van der Waals surface area (Å²) in [5.74, 6) is 0.800. The molecule has 0 atom stereocenters. The maximum atomic E-state index is 6.63. The van der Waals surface area contributed by atoms with Crippen LogP contribution in [0.5, 0.6) is 0 Å². The summed E-state index contributed by atoms with van der Waals surface area (Å²) in [5, 5.41) is 0. The normalized spacial score (nSPS) is 18.3. The van der Waals surface area contributed by atoms with E-state index in [1.807, 2.05) is 19.1 Å². The lowest BCUT2D eigenvalue weighted by atomic mass is 9.73. The smallest absolute Gasteiger partial charge is 0.165 e. The molecule has 2 aliphatic heterocycles. The molecule has 0 bridgehead atoms. The van der Waals surface area contributed by atoms with Crippen LogP contribution in [0.15, 0.2) is 89.2 Å². The van der Waals surface area contributed by atoms with Crippen LogP contribution in [0.4, 0.5) is 5.69 Å². The number of nitrogens with two attached hydrogens (primary N) is 1. The molecule has 1 saturated carbocycles. The first-order valence-corrected chi connectivity index (χ1v) is 14.0. The highest BCUT2D eigenvalue weighted by atomic mass is 16.5. The van der Waals surface area contributed by atoms with Crippen LogP contribution >= 0.6 is 0 Å². The van der Waals surface area contributed by atoms with E-state index in [-0.39, 0.29) is 5.54 Å². The summed E-state index contributed by atoms with van der Waals surface area (Å²) in [6.45, 7) is 5.24. The molecule has 2 aromatic heterocycles. The summed E-state index contributed by atoms with van der Waals surface area (Å²) >= 11 is 0. The highest BCUT2D eigenvalue weighted by Gasteiger charge is 2.34. The third-order valence-electron chi connectivity index (χ3n) is 8.19. The van der Waals surface area contributed by atoms with Crippen molar-refractivity contribution < 1.29 is 4.74 Å². The fourth-order valence-corrected chi connectivity index (χ4v) is 5.66. The number of anilines is 1. The zero-order valence-corrected chi connectivity index (χ0v) is 22.7. The Kier molecular flexibility index (Phi) is 6.20. The third kappa shape index (κ3) is 4.48. The van der Waals surface area contributed by atoms with Crippen LogP contribution in [0.3, 0.4) is 0 Å². The van der Waals surface area contributed by atoms with E-state index in [0.29, 0.717) is 0 Å². The monoisotopic (exact) mass is 528 g/mol. The van der Waals surface area contributed by atoms with Gasteiger partial charge in [-0.15, -0.1) is 0 Å². The van der Waals surface area contributed by atoms with Crippen molar-refractivity contribution in [2.24, 2.45) is 10.7 Å². The Balaban J connectivity index is 1.36. The summed E-state index contributed by atoms with van der Waals surface area (Å²) < 4.78 is 7.69. The van der Waals surface area contributed by atoms with Crippen LogP contribution in [-0.4, -0.2) is 47.1 Å². The van der Waals surface area contributed by atoms with Gasteiger partial charge in [0.15, 0.2) is 5.65 Å². The van der Waals surface area contributed by atoms with Gasteiger partial charge in [-0.2, -0.15) is 0 Å². The lowest BCUT2D eigenvalue weighted by molar-refractivity contribution is 0.122. The van der Waals surface area contributed by atoms with Gasteiger partial charge in [-0.05, 0) is 80.3 Å². The fourth-order valence-electron chi connectivity index (χ4n) is 5.66. The van der Waals surface area contributed by atoms with Crippen LogP contribution in [0, 0.1) is 0 Å². The van der Waals surface area contributed by atoms with Crippen LogP contribution in [0.2, 0.25) is 0 Å². The van der Waals surface area contributed by atoms with Gasteiger partial charge >= 0.3 is 0 Å². The molecular formula is C33H32N6O. The molecule has 0 spiro atoms. The Bertz CT molecular complexity index is 1710. The molecule has 7 nitrogen and oxygen atoms in total. The molecule has 7 heteroatoms. The summed E-state index contributed by atoms with van der Waals surface area (Å²) in [4.78, 5) is 17.0. The number of pyridine rings is 1. The molecule has 1 aliphatic carbocycles. The Morgan fingerprint density at radius 3 is 2.55 bits per heavy atom. The zero-order valence-electron chi connectivity index (χ0n) is 22.7. The minimum atomic E-state index is -0.208. The van der Waals surface area contributed by atoms with Crippen molar-refractivity contribution in [1.82, 2.24) is 14.5 Å². The lowest BCUT2D eigenvalue weighted by Gasteiger charge is -2.38. The average molecular weight is 529 g/mol.